The lowest BCUT2D eigenvalue weighted by molar-refractivity contribution is 0.0592. The highest BCUT2D eigenvalue weighted by Gasteiger charge is 2.44. The van der Waals surface area contributed by atoms with Crippen molar-refractivity contribution in [3.05, 3.63) is 235 Å². The topological polar surface area (TPSA) is 340 Å². The van der Waals surface area contributed by atoms with Gasteiger partial charge in [0.1, 0.15) is 0 Å². The number of anilines is 6. The van der Waals surface area contributed by atoms with E-state index in [1.54, 1.807) is 0 Å². The fraction of sp³-hybridized carbons (Fsp3) is 0.260. The van der Waals surface area contributed by atoms with Crippen LogP contribution in [-0.4, -0.2) is 132 Å². The minimum Gasteiger partial charge on any atom is -0.478 e. The van der Waals surface area contributed by atoms with E-state index in [0.29, 0.717) is 55.1 Å². The van der Waals surface area contributed by atoms with E-state index >= 15 is 0 Å². The molecular weight excluding hydrogens is 1430 g/mol. The molecule has 0 saturated heterocycles. The first-order valence-corrected chi connectivity index (χ1v) is 39.2. The third-order valence-electron chi connectivity index (χ3n) is 19.1. The van der Waals surface area contributed by atoms with Gasteiger partial charge in [-0.2, -0.15) is 0 Å². The number of hydrogen-bond donors (Lipinski definition) is 7. The summed E-state index contributed by atoms with van der Waals surface area (Å²) in [5.74, 6) is 2.18. The summed E-state index contributed by atoms with van der Waals surface area (Å²) in [5.41, 5.74) is 11.9. The molecule has 3 aliphatic heterocycles. The first kappa shape index (κ1) is 74.8. The van der Waals surface area contributed by atoms with Crippen LogP contribution >= 0.6 is 10.7 Å². The van der Waals surface area contributed by atoms with Crippen LogP contribution in [0.3, 0.4) is 0 Å². The summed E-state index contributed by atoms with van der Waals surface area (Å²) < 4.78 is 106. The van der Waals surface area contributed by atoms with Crippen molar-refractivity contribution < 1.29 is 83.7 Å². The second kappa shape index (κ2) is 32.2. The van der Waals surface area contributed by atoms with Crippen molar-refractivity contribution in [1.29, 1.82) is 0 Å². The van der Waals surface area contributed by atoms with Crippen molar-refractivity contribution in [2.45, 2.75) is 127 Å². The van der Waals surface area contributed by atoms with Crippen LogP contribution in [0.25, 0.3) is 0 Å². The van der Waals surface area contributed by atoms with Crippen molar-refractivity contribution in [3.8, 4) is 34.5 Å². The van der Waals surface area contributed by atoms with Gasteiger partial charge in [0.05, 0.1) is 128 Å². The number of carbonyl (C=O) groups excluding carboxylic acids is 2. The number of halogens is 1. The van der Waals surface area contributed by atoms with Crippen LogP contribution in [0.2, 0.25) is 0 Å². The SMILES string of the molecule is COC(=O)c1ccc(S(=O)(=O)Cl)cc1.COC(=O)c1ccc(S(=O)(=O)N[C@@H]2CCC[C@H](N3c4ccccc4Oc4ccccc43)[C@H]2O)cc1.N[C@@H]1CCC[C@H](N2c3ccccc3Oc3ccccc32)[C@H]1O.O=C(O)c1ccc(S(=O)(=O)N[C@@H]2CCC[C@H](N3c4ccccc4Oc4ccccc43)[C@H]2O)cc1. The van der Waals surface area contributed by atoms with Crippen LogP contribution in [0.1, 0.15) is 88.9 Å². The van der Waals surface area contributed by atoms with E-state index in [-0.39, 0.29) is 55.5 Å². The molecule has 0 spiro atoms. The molecule has 15 rings (SSSR count). The molecule has 0 amide bonds. The van der Waals surface area contributed by atoms with Crippen molar-refractivity contribution in [1.82, 2.24) is 9.44 Å². The molecule has 28 heteroatoms. The van der Waals surface area contributed by atoms with Gasteiger partial charge < -0.3 is 64.5 Å². The van der Waals surface area contributed by atoms with Gasteiger partial charge in [0.25, 0.3) is 9.05 Å². The Morgan fingerprint density at radius 3 is 0.952 bits per heavy atom. The lowest BCUT2D eigenvalue weighted by Crippen LogP contribution is -2.56. The van der Waals surface area contributed by atoms with E-state index in [2.05, 4.69) is 28.7 Å². The van der Waals surface area contributed by atoms with Crippen LogP contribution in [0.5, 0.6) is 34.5 Å². The molecule has 8 N–H and O–H groups in total. The molecule has 105 heavy (non-hydrogen) atoms. The van der Waals surface area contributed by atoms with Crippen molar-refractivity contribution in [2.75, 3.05) is 28.9 Å². The van der Waals surface area contributed by atoms with Crippen molar-refractivity contribution >= 4 is 91.8 Å². The fourth-order valence-corrected chi connectivity index (χ4v) is 17.3. The first-order valence-electron chi connectivity index (χ1n) is 33.9. The lowest BCUT2D eigenvalue weighted by atomic mass is 9.86. The number of fused-ring (bicyclic) bond motifs is 6. The Labute approximate surface area is 612 Å². The molecule has 0 radical (unpaired) electrons. The predicted octanol–water partition coefficient (Wildman–Crippen LogP) is 12.4. The number of rotatable bonds is 13. The van der Waals surface area contributed by atoms with Crippen molar-refractivity contribution in [3.63, 3.8) is 0 Å². The molecule has 9 atom stereocenters. The number of nitrogens with one attached hydrogen (secondary N) is 2. The third kappa shape index (κ3) is 16.5. The van der Waals surface area contributed by atoms with Gasteiger partial charge in [0.2, 0.25) is 20.0 Å². The number of carboxylic acid groups (broad SMARTS) is 1. The third-order valence-corrected chi connectivity index (χ3v) is 23.5. The molecule has 9 aromatic carbocycles. The highest BCUT2D eigenvalue weighted by atomic mass is 35.7. The predicted molar refractivity (Wildman–Crippen MR) is 394 cm³/mol. The minimum absolute atomic E-state index is 0.00126. The number of nitrogens with two attached hydrogens (primary N) is 1. The Hall–Kier alpha value is -9.91. The molecule has 3 fully saturated rings. The van der Waals surface area contributed by atoms with Gasteiger partial charge in [-0.15, -0.1) is 0 Å². The summed E-state index contributed by atoms with van der Waals surface area (Å²) >= 11 is 0. The van der Waals surface area contributed by atoms with Gasteiger partial charge >= 0.3 is 17.9 Å². The Kier molecular flexibility index (Phi) is 22.9. The standard InChI is InChI=1S/C26H26N2O6S.C25H24N2O6S.C18H20N2O2.C8H7ClO4S/c1-33-26(30)17-13-15-18(16-14-17)35(31,32)27-19-7-6-10-22(25(19)29)28-20-8-2-4-11-23(20)34-24-12-5-3-9-21(24)28;28-24-18(26-34(31,32)17-14-12-16(13-15-17)25(29)30)6-5-9-21(24)27-19-7-1-3-10-22(19)33-23-11-4-2-8-20(23)27;19-12-6-5-9-15(18(12)21)20-13-7-1-3-10-16(13)22-17-11-4-2-8-14(17)20;1-13-8(10)6-2-4-7(5-3-6)14(9,11)12/h2-5,8-9,11-16,19,22,25,27,29H,6-7,10H2,1H3;1-4,7-8,10-15,18,21,24,26,28H,5-6,9H2,(H,29,30);1-4,7-8,10-12,15,18,21H,5-6,9,19H2;2-5H,1H3/t19-,22+,25+;18-,21+,24+;12-,15+,18+;/m111./s1. The highest BCUT2D eigenvalue weighted by Crippen LogP contribution is 2.52. The molecule has 3 heterocycles. The zero-order valence-corrected chi connectivity index (χ0v) is 60.1. The van der Waals surface area contributed by atoms with Gasteiger partial charge in [0, 0.05) is 16.7 Å². The molecular formula is C77H77ClN6O18S3. The number of esters is 2. The number of aromatic carboxylic acids is 1. The summed E-state index contributed by atoms with van der Waals surface area (Å²) in [7, 11) is -4.02. The number of para-hydroxylation sites is 12. The summed E-state index contributed by atoms with van der Waals surface area (Å²) in [5, 5.41) is 42.5. The smallest absolute Gasteiger partial charge is 0.337 e. The van der Waals surface area contributed by atoms with Crippen LogP contribution in [0.15, 0.2) is 233 Å². The minimum atomic E-state index is -3.96. The summed E-state index contributed by atoms with van der Waals surface area (Å²) in [6.45, 7) is 0. The molecule has 0 unspecified atom stereocenters. The maximum absolute atomic E-state index is 13.1. The van der Waals surface area contributed by atoms with Crippen LogP contribution in [0.4, 0.5) is 34.1 Å². The van der Waals surface area contributed by atoms with Crippen molar-refractivity contribution in [2.24, 2.45) is 5.73 Å². The summed E-state index contributed by atoms with van der Waals surface area (Å²) in [6.07, 6.45) is 4.16. The number of sulfonamides is 2. The average molecular weight is 1510 g/mol. The molecule has 24 nitrogen and oxygen atoms in total. The molecule has 0 aromatic heterocycles. The van der Waals surface area contributed by atoms with E-state index in [9.17, 15) is 55.0 Å². The quantitative estimate of drug-likeness (QED) is 0.0416. The first-order chi connectivity index (χ1) is 50.4. The van der Waals surface area contributed by atoms with Crippen LogP contribution in [0, 0.1) is 0 Å². The molecule has 9 aromatic rings. The maximum Gasteiger partial charge on any atom is 0.337 e. The van der Waals surface area contributed by atoms with Gasteiger partial charge in [-0.05, 0) is 203 Å². The van der Waals surface area contributed by atoms with E-state index in [4.69, 9.17) is 35.7 Å². The van der Waals surface area contributed by atoms with Crippen LogP contribution in [-0.2, 0) is 38.6 Å². The van der Waals surface area contributed by atoms with E-state index in [1.807, 2.05) is 150 Å². The number of hydrogen-bond acceptors (Lipinski definition) is 21. The number of aliphatic hydroxyl groups is 3. The van der Waals surface area contributed by atoms with Gasteiger partial charge in [0.15, 0.2) is 34.5 Å². The monoisotopic (exact) mass is 1500 g/mol. The fourth-order valence-electron chi connectivity index (χ4n) is 13.9. The van der Waals surface area contributed by atoms with Gasteiger partial charge in [-0.25, -0.2) is 49.1 Å². The average Bonchev–Trinajstić information content (AvgIpc) is 0.765. The Morgan fingerprint density at radius 2 is 0.667 bits per heavy atom. The zero-order chi connectivity index (χ0) is 74.3. The summed E-state index contributed by atoms with van der Waals surface area (Å²) in [6, 6.07) is 59.8. The molecule has 3 saturated carbocycles. The normalized spacial score (nSPS) is 21.3. The number of benzene rings is 9. The van der Waals surface area contributed by atoms with Gasteiger partial charge in [-0.3, -0.25) is 0 Å². The number of aliphatic hydroxyl groups excluding tert-OH is 3. The maximum atomic E-state index is 13.1. The summed E-state index contributed by atoms with van der Waals surface area (Å²) in [4.78, 5) is 39.9. The van der Waals surface area contributed by atoms with E-state index in [0.717, 1.165) is 71.3 Å². The van der Waals surface area contributed by atoms with Crippen LogP contribution < -0.4 is 44.1 Å². The molecule has 3 aliphatic carbocycles. The Morgan fingerprint density at radius 1 is 0.400 bits per heavy atom. The number of ether oxygens (including phenoxy) is 5. The molecule has 548 valence electrons. The molecule has 0 bridgehead atoms. The van der Waals surface area contributed by atoms with E-state index in [1.165, 1.54) is 87.0 Å². The molecule has 6 aliphatic rings. The highest BCUT2D eigenvalue weighted by molar-refractivity contribution is 8.13. The number of nitrogens with zero attached hydrogens (tertiary/aromatic N) is 3. The number of methoxy groups -OCH3 is 2. The Balaban J connectivity index is 0.000000138. The number of carbonyl (C=O) groups is 3. The second-order valence-electron chi connectivity index (χ2n) is 25.6. The van der Waals surface area contributed by atoms with Gasteiger partial charge in [-0.1, -0.05) is 72.8 Å². The van der Waals surface area contributed by atoms with E-state index < -0.39 is 77.4 Å². The Bertz CT molecular complexity index is 4850. The lowest BCUT2D eigenvalue weighted by Gasteiger charge is -2.44. The zero-order valence-electron chi connectivity index (χ0n) is 56.9. The largest absolute Gasteiger partial charge is 0.478 e. The second-order valence-corrected chi connectivity index (χ2v) is 31.6. The number of carboxylic acids is 1.